The average Bonchev–Trinajstić information content (AvgIpc) is 2.85. The number of aromatic nitrogens is 4. The fourth-order valence-corrected chi connectivity index (χ4v) is 1.61. The van der Waals surface area contributed by atoms with Crippen molar-refractivity contribution in [1.29, 1.82) is 0 Å². The van der Waals surface area contributed by atoms with Crippen molar-refractivity contribution in [2.45, 2.75) is 26.4 Å². The smallest absolute Gasteiger partial charge is 0.148 e. The summed E-state index contributed by atoms with van der Waals surface area (Å²) in [7, 11) is 1.91. The SMILES string of the molecule is CCCn1nccc1CNc1ccn(C)n1. The van der Waals surface area contributed by atoms with Crippen LogP contribution in [-0.4, -0.2) is 19.6 Å². The molecular weight excluding hydrogens is 202 g/mol. The van der Waals surface area contributed by atoms with Crippen molar-refractivity contribution < 1.29 is 0 Å². The molecule has 0 amide bonds. The summed E-state index contributed by atoms with van der Waals surface area (Å²) in [5.41, 5.74) is 1.19. The molecule has 2 aromatic rings. The monoisotopic (exact) mass is 219 g/mol. The number of nitrogens with zero attached hydrogens (tertiary/aromatic N) is 4. The molecule has 0 radical (unpaired) electrons. The largest absolute Gasteiger partial charge is 0.363 e. The van der Waals surface area contributed by atoms with Gasteiger partial charge >= 0.3 is 0 Å². The van der Waals surface area contributed by atoms with Crippen LogP contribution in [-0.2, 0) is 20.1 Å². The molecule has 0 aromatic carbocycles. The van der Waals surface area contributed by atoms with Crippen LogP contribution in [0.25, 0.3) is 0 Å². The van der Waals surface area contributed by atoms with Crippen LogP contribution in [0.4, 0.5) is 5.82 Å². The Morgan fingerprint density at radius 3 is 2.94 bits per heavy atom. The topological polar surface area (TPSA) is 47.7 Å². The quantitative estimate of drug-likeness (QED) is 0.831. The van der Waals surface area contributed by atoms with E-state index in [0.29, 0.717) is 0 Å². The summed E-state index contributed by atoms with van der Waals surface area (Å²) in [4.78, 5) is 0. The molecule has 5 heteroatoms. The average molecular weight is 219 g/mol. The highest BCUT2D eigenvalue weighted by molar-refractivity contribution is 5.32. The van der Waals surface area contributed by atoms with E-state index < -0.39 is 0 Å². The van der Waals surface area contributed by atoms with Gasteiger partial charge in [0.2, 0.25) is 0 Å². The van der Waals surface area contributed by atoms with Gasteiger partial charge in [0.25, 0.3) is 0 Å². The molecule has 86 valence electrons. The standard InChI is InChI=1S/C11H17N5/c1-3-7-16-10(4-6-13-16)9-12-11-5-8-15(2)14-11/h4-6,8H,3,7,9H2,1-2H3,(H,12,14). The summed E-state index contributed by atoms with van der Waals surface area (Å²) in [6, 6.07) is 3.99. The highest BCUT2D eigenvalue weighted by Gasteiger charge is 2.02. The molecule has 2 rings (SSSR count). The van der Waals surface area contributed by atoms with E-state index in [2.05, 4.69) is 22.4 Å². The van der Waals surface area contributed by atoms with Crippen LogP contribution in [0.3, 0.4) is 0 Å². The number of hydrogen-bond donors (Lipinski definition) is 1. The maximum atomic E-state index is 4.27. The van der Waals surface area contributed by atoms with E-state index in [9.17, 15) is 0 Å². The van der Waals surface area contributed by atoms with E-state index in [1.54, 1.807) is 4.68 Å². The van der Waals surface area contributed by atoms with Gasteiger partial charge in [0.1, 0.15) is 5.82 Å². The number of hydrogen-bond acceptors (Lipinski definition) is 3. The van der Waals surface area contributed by atoms with Gasteiger partial charge in [-0.2, -0.15) is 10.2 Å². The van der Waals surface area contributed by atoms with Crippen LogP contribution in [0.2, 0.25) is 0 Å². The third-order valence-corrected chi connectivity index (χ3v) is 2.40. The zero-order chi connectivity index (χ0) is 11.4. The molecule has 5 nitrogen and oxygen atoms in total. The lowest BCUT2D eigenvalue weighted by molar-refractivity contribution is 0.578. The molecule has 2 heterocycles. The molecule has 16 heavy (non-hydrogen) atoms. The normalized spacial score (nSPS) is 10.6. The molecule has 0 unspecified atom stereocenters. The van der Waals surface area contributed by atoms with Crippen LogP contribution in [0.5, 0.6) is 0 Å². The van der Waals surface area contributed by atoms with Crippen LogP contribution in [0.1, 0.15) is 19.0 Å². The molecule has 0 bridgehead atoms. The van der Waals surface area contributed by atoms with Gasteiger partial charge in [-0.25, -0.2) is 0 Å². The minimum absolute atomic E-state index is 0.761. The summed E-state index contributed by atoms with van der Waals surface area (Å²) in [6.45, 7) is 3.88. The van der Waals surface area contributed by atoms with Gasteiger partial charge in [-0.15, -0.1) is 0 Å². The van der Waals surface area contributed by atoms with Gasteiger partial charge in [-0.1, -0.05) is 6.92 Å². The fourth-order valence-electron chi connectivity index (χ4n) is 1.61. The Hall–Kier alpha value is -1.78. The molecule has 0 saturated carbocycles. The van der Waals surface area contributed by atoms with Gasteiger partial charge in [-0.3, -0.25) is 9.36 Å². The molecule has 0 fully saturated rings. The molecule has 0 spiro atoms. The number of aryl methyl sites for hydroxylation is 2. The van der Waals surface area contributed by atoms with Gasteiger partial charge in [0.15, 0.2) is 0 Å². The molecule has 0 aliphatic carbocycles. The zero-order valence-electron chi connectivity index (χ0n) is 9.72. The van der Waals surface area contributed by atoms with E-state index in [0.717, 1.165) is 25.3 Å². The van der Waals surface area contributed by atoms with Gasteiger partial charge in [-0.05, 0) is 12.5 Å². The second-order valence-electron chi connectivity index (χ2n) is 3.77. The van der Waals surface area contributed by atoms with Crippen molar-refractivity contribution in [2.75, 3.05) is 5.32 Å². The Labute approximate surface area is 95.1 Å². The maximum absolute atomic E-state index is 4.27. The molecule has 0 saturated heterocycles. The third kappa shape index (κ3) is 2.42. The van der Waals surface area contributed by atoms with Crippen LogP contribution in [0.15, 0.2) is 24.5 Å². The number of anilines is 1. The fraction of sp³-hybridized carbons (Fsp3) is 0.455. The van der Waals surface area contributed by atoms with E-state index in [1.807, 2.05) is 36.3 Å². The molecule has 0 atom stereocenters. The Morgan fingerprint density at radius 2 is 2.25 bits per heavy atom. The molecule has 0 aliphatic rings. The predicted octanol–water partition coefficient (Wildman–Crippen LogP) is 1.64. The first-order chi connectivity index (χ1) is 7.79. The van der Waals surface area contributed by atoms with Crippen molar-refractivity contribution in [3.05, 3.63) is 30.2 Å². The van der Waals surface area contributed by atoms with E-state index in [4.69, 9.17) is 0 Å². The lowest BCUT2D eigenvalue weighted by Crippen LogP contribution is -2.09. The Morgan fingerprint density at radius 1 is 1.38 bits per heavy atom. The summed E-state index contributed by atoms with van der Waals surface area (Å²) in [5, 5.41) is 11.8. The Kier molecular flexibility index (Phi) is 3.24. The molecular formula is C11H17N5. The van der Waals surface area contributed by atoms with Crippen LogP contribution < -0.4 is 5.32 Å². The lowest BCUT2D eigenvalue weighted by atomic mass is 10.4. The van der Waals surface area contributed by atoms with Crippen molar-refractivity contribution in [2.24, 2.45) is 7.05 Å². The number of nitrogens with one attached hydrogen (secondary N) is 1. The first-order valence-corrected chi connectivity index (χ1v) is 5.54. The van der Waals surface area contributed by atoms with Crippen LogP contribution in [0, 0.1) is 0 Å². The van der Waals surface area contributed by atoms with Gasteiger partial charge in [0, 0.05) is 32.1 Å². The van der Waals surface area contributed by atoms with Crippen molar-refractivity contribution in [1.82, 2.24) is 19.6 Å². The Balaban J connectivity index is 1.96. The second-order valence-corrected chi connectivity index (χ2v) is 3.77. The Bertz CT molecular complexity index is 443. The third-order valence-electron chi connectivity index (χ3n) is 2.40. The second kappa shape index (κ2) is 4.83. The van der Waals surface area contributed by atoms with Gasteiger partial charge in [0.05, 0.1) is 12.2 Å². The first kappa shape index (κ1) is 10.7. The van der Waals surface area contributed by atoms with Crippen molar-refractivity contribution in [3.8, 4) is 0 Å². The first-order valence-electron chi connectivity index (χ1n) is 5.54. The molecule has 0 aliphatic heterocycles. The zero-order valence-corrected chi connectivity index (χ0v) is 9.72. The summed E-state index contributed by atoms with van der Waals surface area (Å²) in [5.74, 6) is 0.895. The number of rotatable bonds is 5. The van der Waals surface area contributed by atoms with Crippen molar-refractivity contribution >= 4 is 5.82 Å². The van der Waals surface area contributed by atoms with Crippen LogP contribution >= 0.6 is 0 Å². The summed E-state index contributed by atoms with van der Waals surface area (Å²) >= 11 is 0. The van der Waals surface area contributed by atoms with Gasteiger partial charge < -0.3 is 5.32 Å². The van der Waals surface area contributed by atoms with E-state index in [-0.39, 0.29) is 0 Å². The highest BCUT2D eigenvalue weighted by atomic mass is 15.3. The maximum Gasteiger partial charge on any atom is 0.148 e. The minimum atomic E-state index is 0.761. The minimum Gasteiger partial charge on any atom is -0.363 e. The lowest BCUT2D eigenvalue weighted by Gasteiger charge is -2.06. The van der Waals surface area contributed by atoms with E-state index >= 15 is 0 Å². The molecule has 1 N–H and O–H groups in total. The predicted molar refractivity (Wildman–Crippen MR) is 63.1 cm³/mol. The summed E-state index contributed by atoms with van der Waals surface area (Å²) in [6.07, 6.45) is 4.86. The highest BCUT2D eigenvalue weighted by Crippen LogP contribution is 2.06. The molecule has 2 aromatic heterocycles. The van der Waals surface area contributed by atoms with Crippen molar-refractivity contribution in [3.63, 3.8) is 0 Å². The summed E-state index contributed by atoms with van der Waals surface area (Å²) < 4.78 is 3.81. The van der Waals surface area contributed by atoms with E-state index in [1.165, 1.54) is 5.69 Å².